The van der Waals surface area contributed by atoms with Crippen LogP contribution in [0, 0.1) is 0 Å². The summed E-state index contributed by atoms with van der Waals surface area (Å²) in [6, 6.07) is 15.7. The van der Waals surface area contributed by atoms with E-state index in [4.69, 9.17) is 4.74 Å². The number of nitrogens with one attached hydrogen (secondary N) is 1. The summed E-state index contributed by atoms with van der Waals surface area (Å²) in [5.74, 6) is -0.120. The Balaban J connectivity index is 1.42. The number of fused-ring (bicyclic) bond motifs is 2. The molecule has 0 aliphatic carbocycles. The molecule has 8 heteroatoms. The van der Waals surface area contributed by atoms with Gasteiger partial charge in [-0.1, -0.05) is 30.3 Å². The number of thiophene rings is 1. The fraction of sp³-hybridized carbons (Fsp3) is 0.261. The molecule has 1 saturated heterocycles. The molecule has 3 heterocycles. The van der Waals surface area contributed by atoms with Crippen molar-refractivity contribution in [3.63, 3.8) is 0 Å². The maximum Gasteiger partial charge on any atom is 0.261 e. The van der Waals surface area contributed by atoms with Crippen molar-refractivity contribution in [2.75, 3.05) is 26.7 Å². The fourth-order valence-electron chi connectivity index (χ4n) is 4.10. The van der Waals surface area contributed by atoms with Gasteiger partial charge in [-0.05, 0) is 23.6 Å². The van der Waals surface area contributed by atoms with Crippen molar-refractivity contribution < 1.29 is 14.3 Å². The number of benzene rings is 2. The molecule has 4 aromatic rings. The average Bonchev–Trinajstić information content (AvgIpc) is 3.40. The molecule has 7 nitrogen and oxygen atoms in total. The molecule has 1 N–H and O–H groups in total. The summed E-state index contributed by atoms with van der Waals surface area (Å²) in [6.07, 6.45) is 1.36. The van der Waals surface area contributed by atoms with Crippen molar-refractivity contribution >= 4 is 44.3 Å². The molecule has 1 atom stereocenters. The number of nitrogens with zero attached hydrogens (tertiary/aromatic N) is 3. The number of hydrogen-bond acceptors (Lipinski definition) is 5. The number of carbonyl (C=O) groups excluding carboxylic acids is 2. The van der Waals surface area contributed by atoms with Gasteiger partial charge in [0.1, 0.15) is 12.6 Å². The minimum atomic E-state index is -0.347. The van der Waals surface area contributed by atoms with Gasteiger partial charge in [0.05, 0.1) is 35.4 Å². The molecular weight excluding hydrogens is 412 g/mol. The topological polar surface area (TPSA) is 76.5 Å². The predicted molar refractivity (Wildman–Crippen MR) is 120 cm³/mol. The average molecular weight is 435 g/mol. The molecule has 2 amide bonds. The second kappa shape index (κ2) is 8.13. The largest absolute Gasteiger partial charge is 0.370 e. The molecule has 5 rings (SSSR count). The van der Waals surface area contributed by atoms with Crippen LogP contribution in [0.1, 0.15) is 21.3 Å². The predicted octanol–water partition coefficient (Wildman–Crippen LogP) is 3.21. The number of ether oxygens (including phenoxy) is 1. The van der Waals surface area contributed by atoms with Crippen LogP contribution in [-0.2, 0) is 16.1 Å². The van der Waals surface area contributed by atoms with Crippen molar-refractivity contribution in [2.45, 2.75) is 12.6 Å². The van der Waals surface area contributed by atoms with Crippen LogP contribution >= 0.6 is 11.3 Å². The number of aromatic nitrogens is 2. The number of imidazole rings is 1. The number of para-hydroxylation sites is 2. The third-order valence-electron chi connectivity index (χ3n) is 5.64. The molecule has 31 heavy (non-hydrogen) atoms. The number of carbonyl (C=O) groups is 2. The van der Waals surface area contributed by atoms with Crippen LogP contribution < -0.4 is 5.32 Å². The molecule has 0 spiro atoms. The molecule has 2 aromatic heterocycles. The third-order valence-corrected chi connectivity index (χ3v) is 6.83. The van der Waals surface area contributed by atoms with Crippen LogP contribution in [0.25, 0.3) is 21.1 Å². The van der Waals surface area contributed by atoms with Gasteiger partial charge in [0, 0.05) is 23.9 Å². The molecule has 0 saturated carbocycles. The lowest BCUT2D eigenvalue weighted by Crippen LogP contribution is -2.43. The Morgan fingerprint density at radius 2 is 2.00 bits per heavy atom. The Bertz CT molecular complexity index is 1280. The lowest BCUT2D eigenvalue weighted by atomic mass is 10.0. The number of amides is 2. The van der Waals surface area contributed by atoms with E-state index in [0.717, 1.165) is 26.7 Å². The van der Waals surface area contributed by atoms with Crippen molar-refractivity contribution in [1.82, 2.24) is 19.8 Å². The highest BCUT2D eigenvalue weighted by Crippen LogP contribution is 2.38. The smallest absolute Gasteiger partial charge is 0.261 e. The minimum absolute atomic E-state index is 0.0116. The quantitative estimate of drug-likeness (QED) is 0.535. The fourth-order valence-corrected chi connectivity index (χ4v) is 5.30. The molecule has 158 valence electrons. The van der Waals surface area contributed by atoms with Crippen molar-refractivity contribution in [3.05, 3.63) is 65.3 Å². The van der Waals surface area contributed by atoms with Gasteiger partial charge in [-0.25, -0.2) is 4.98 Å². The van der Waals surface area contributed by atoms with Crippen molar-refractivity contribution in [3.8, 4) is 0 Å². The Morgan fingerprint density at radius 3 is 2.87 bits per heavy atom. The number of rotatable bonds is 4. The Morgan fingerprint density at radius 1 is 1.19 bits per heavy atom. The minimum Gasteiger partial charge on any atom is -0.370 e. The summed E-state index contributed by atoms with van der Waals surface area (Å²) in [5.41, 5.74) is 2.67. The van der Waals surface area contributed by atoms with Gasteiger partial charge < -0.3 is 19.5 Å². The normalized spacial score (nSPS) is 16.7. The first-order chi connectivity index (χ1) is 15.2. The van der Waals surface area contributed by atoms with Gasteiger partial charge in [0.2, 0.25) is 5.91 Å². The van der Waals surface area contributed by atoms with E-state index in [2.05, 4.69) is 10.3 Å². The van der Waals surface area contributed by atoms with Crippen LogP contribution in [0.4, 0.5) is 0 Å². The number of morpholine rings is 1. The summed E-state index contributed by atoms with van der Waals surface area (Å²) in [4.78, 5) is 32.5. The van der Waals surface area contributed by atoms with Crippen molar-refractivity contribution in [1.29, 1.82) is 0 Å². The van der Waals surface area contributed by atoms with Crippen LogP contribution in [0.2, 0.25) is 0 Å². The van der Waals surface area contributed by atoms with Gasteiger partial charge in [-0.3, -0.25) is 9.59 Å². The molecule has 1 aliphatic heterocycles. The Hall–Kier alpha value is -3.23. The maximum absolute atomic E-state index is 13.1. The Labute approximate surface area is 183 Å². The van der Waals surface area contributed by atoms with Crippen LogP contribution in [-0.4, -0.2) is 53.0 Å². The Kier molecular flexibility index (Phi) is 5.17. The second-order valence-corrected chi connectivity index (χ2v) is 8.53. The first-order valence-electron chi connectivity index (χ1n) is 10.2. The molecule has 0 bridgehead atoms. The van der Waals surface area contributed by atoms with E-state index >= 15 is 0 Å². The zero-order valence-corrected chi connectivity index (χ0v) is 17.9. The summed E-state index contributed by atoms with van der Waals surface area (Å²) < 4.78 is 8.97. The van der Waals surface area contributed by atoms with Crippen LogP contribution in [0.15, 0.2) is 54.9 Å². The van der Waals surface area contributed by atoms with Gasteiger partial charge in [0.15, 0.2) is 0 Å². The van der Waals surface area contributed by atoms with E-state index in [1.807, 2.05) is 58.0 Å². The van der Waals surface area contributed by atoms with Gasteiger partial charge in [-0.15, -0.1) is 11.3 Å². The van der Waals surface area contributed by atoms with E-state index in [-0.39, 0.29) is 24.5 Å². The molecular formula is C23H22N4O3S. The van der Waals surface area contributed by atoms with E-state index in [9.17, 15) is 9.59 Å². The second-order valence-electron chi connectivity index (χ2n) is 7.48. The maximum atomic E-state index is 13.1. The van der Waals surface area contributed by atoms with Gasteiger partial charge in [-0.2, -0.15) is 0 Å². The molecule has 0 radical (unpaired) electrons. The molecule has 1 fully saturated rings. The highest BCUT2D eigenvalue weighted by atomic mass is 32.1. The zero-order valence-electron chi connectivity index (χ0n) is 17.1. The lowest BCUT2D eigenvalue weighted by Gasteiger charge is -2.33. The molecule has 2 aromatic carbocycles. The highest BCUT2D eigenvalue weighted by molar-refractivity contribution is 7.21. The SMILES string of the molecule is CNC(=O)c1sc2ccccc2c1[C@@H]1CN(C(=O)Cn2cnc3ccccc32)CCO1. The van der Waals surface area contributed by atoms with E-state index in [0.29, 0.717) is 24.6 Å². The number of hydrogen-bond donors (Lipinski definition) is 1. The van der Waals surface area contributed by atoms with Crippen molar-refractivity contribution in [2.24, 2.45) is 0 Å². The highest BCUT2D eigenvalue weighted by Gasteiger charge is 2.31. The van der Waals surface area contributed by atoms with E-state index < -0.39 is 0 Å². The first-order valence-corrected chi connectivity index (χ1v) is 11.0. The van der Waals surface area contributed by atoms with E-state index in [1.54, 1.807) is 13.4 Å². The van der Waals surface area contributed by atoms with Crippen LogP contribution in [0.5, 0.6) is 0 Å². The van der Waals surface area contributed by atoms with Crippen LogP contribution in [0.3, 0.4) is 0 Å². The third kappa shape index (κ3) is 3.58. The standard InChI is InChI=1S/C23H22N4O3S/c1-24-23(29)22-21(15-6-2-5-9-19(15)31-22)18-12-26(10-11-30-18)20(28)13-27-14-25-16-7-3-4-8-17(16)27/h2-9,14,18H,10-13H2,1H3,(H,24,29)/t18-/m0/s1. The summed E-state index contributed by atoms with van der Waals surface area (Å²) >= 11 is 1.46. The monoisotopic (exact) mass is 434 g/mol. The van der Waals surface area contributed by atoms with Gasteiger partial charge >= 0.3 is 0 Å². The van der Waals surface area contributed by atoms with Gasteiger partial charge in [0.25, 0.3) is 5.91 Å². The first kappa shape index (κ1) is 19.7. The van der Waals surface area contributed by atoms with E-state index in [1.165, 1.54) is 11.3 Å². The molecule has 0 unspecified atom stereocenters. The molecule has 1 aliphatic rings. The summed E-state index contributed by atoms with van der Waals surface area (Å²) in [7, 11) is 1.63. The lowest BCUT2D eigenvalue weighted by molar-refractivity contribution is -0.139. The summed E-state index contributed by atoms with van der Waals surface area (Å²) in [6.45, 7) is 1.59. The summed E-state index contributed by atoms with van der Waals surface area (Å²) in [5, 5.41) is 3.73. The zero-order chi connectivity index (χ0) is 21.4.